The normalized spacial score (nSPS) is 12.5. The monoisotopic (exact) mass is 352 g/mol. The number of rotatable bonds is 4. The largest absolute Gasteiger partial charge is 0.416 e. The molecule has 0 spiro atoms. The lowest BCUT2D eigenvalue weighted by Gasteiger charge is -2.22. The maximum atomic E-state index is 12.8. The molecule has 0 aliphatic rings. The fourth-order valence-corrected chi connectivity index (χ4v) is 2.74. The van der Waals surface area contributed by atoms with E-state index in [2.05, 4.69) is 10.6 Å². The van der Waals surface area contributed by atoms with Crippen LogP contribution in [0.4, 0.5) is 18.9 Å². The third-order valence-corrected chi connectivity index (χ3v) is 3.95. The molecule has 0 heterocycles. The first kappa shape index (κ1) is 18.3. The van der Waals surface area contributed by atoms with Gasteiger partial charge in [-0.15, -0.1) is 0 Å². The average molecular weight is 352 g/mol. The highest BCUT2D eigenvalue weighted by atomic mass is 32.1. The number of anilines is 1. The van der Waals surface area contributed by atoms with Crippen molar-refractivity contribution in [3.8, 4) is 0 Å². The molecule has 1 atom stereocenters. The highest BCUT2D eigenvalue weighted by Crippen LogP contribution is 2.30. The van der Waals surface area contributed by atoms with Gasteiger partial charge in [0.25, 0.3) is 0 Å². The van der Waals surface area contributed by atoms with E-state index in [4.69, 9.17) is 12.2 Å². The van der Waals surface area contributed by atoms with E-state index < -0.39 is 11.7 Å². The number of halogens is 3. The highest BCUT2D eigenvalue weighted by Gasteiger charge is 2.30. The summed E-state index contributed by atoms with van der Waals surface area (Å²) < 4.78 is 38.3. The van der Waals surface area contributed by atoms with E-state index in [-0.39, 0.29) is 6.04 Å². The van der Waals surface area contributed by atoms with Gasteiger partial charge in [0.15, 0.2) is 5.11 Å². The zero-order chi connectivity index (χ0) is 17.7. The van der Waals surface area contributed by atoms with E-state index in [1.54, 1.807) is 6.07 Å². The van der Waals surface area contributed by atoms with Crippen molar-refractivity contribution in [1.82, 2.24) is 5.32 Å². The number of thiocarbonyl (C=S) groups is 1. The summed E-state index contributed by atoms with van der Waals surface area (Å²) in [6.45, 7) is 4.04. The summed E-state index contributed by atoms with van der Waals surface area (Å²) in [5.74, 6) is 0. The van der Waals surface area contributed by atoms with E-state index in [0.717, 1.165) is 29.7 Å². The van der Waals surface area contributed by atoms with Gasteiger partial charge >= 0.3 is 6.18 Å². The van der Waals surface area contributed by atoms with Crippen LogP contribution in [0.2, 0.25) is 0 Å². The van der Waals surface area contributed by atoms with Crippen molar-refractivity contribution in [3.05, 3.63) is 65.2 Å². The Morgan fingerprint density at radius 1 is 1.12 bits per heavy atom. The summed E-state index contributed by atoms with van der Waals surface area (Å²) in [6, 6.07) is 12.9. The van der Waals surface area contributed by atoms with Crippen LogP contribution >= 0.6 is 12.2 Å². The fraction of sp³-hybridized carbons (Fsp3) is 0.278. The summed E-state index contributed by atoms with van der Waals surface area (Å²) in [6.07, 6.45) is -3.57. The molecule has 0 aromatic heterocycles. The Labute approximate surface area is 145 Å². The van der Waals surface area contributed by atoms with Crippen LogP contribution in [0.1, 0.15) is 36.1 Å². The Bertz CT molecular complexity index is 713. The van der Waals surface area contributed by atoms with Crippen molar-refractivity contribution in [3.63, 3.8) is 0 Å². The molecule has 2 aromatic rings. The third kappa shape index (κ3) is 4.71. The second-order valence-electron chi connectivity index (χ2n) is 5.49. The molecule has 24 heavy (non-hydrogen) atoms. The summed E-state index contributed by atoms with van der Waals surface area (Å²) >= 11 is 5.26. The van der Waals surface area contributed by atoms with Crippen molar-refractivity contribution in [2.24, 2.45) is 0 Å². The second-order valence-corrected chi connectivity index (χ2v) is 5.90. The smallest absolute Gasteiger partial charge is 0.356 e. The molecule has 0 aliphatic heterocycles. The van der Waals surface area contributed by atoms with Crippen molar-refractivity contribution in [2.75, 3.05) is 5.32 Å². The molecule has 0 bridgehead atoms. The molecule has 0 aliphatic carbocycles. The summed E-state index contributed by atoms with van der Waals surface area (Å²) in [4.78, 5) is 0. The van der Waals surface area contributed by atoms with Crippen LogP contribution in [0, 0.1) is 6.92 Å². The van der Waals surface area contributed by atoms with Crippen molar-refractivity contribution in [1.29, 1.82) is 0 Å². The van der Waals surface area contributed by atoms with Crippen LogP contribution < -0.4 is 10.6 Å². The van der Waals surface area contributed by atoms with Gasteiger partial charge in [0.1, 0.15) is 0 Å². The van der Waals surface area contributed by atoms with Crippen LogP contribution in [0.5, 0.6) is 0 Å². The lowest BCUT2D eigenvalue weighted by molar-refractivity contribution is -0.137. The van der Waals surface area contributed by atoms with Gasteiger partial charge in [0.05, 0.1) is 11.6 Å². The first-order valence-corrected chi connectivity index (χ1v) is 8.02. The number of hydrogen-bond donors (Lipinski definition) is 2. The predicted octanol–water partition coefficient (Wildman–Crippen LogP) is 5.45. The Kier molecular flexibility index (Phi) is 5.83. The maximum Gasteiger partial charge on any atom is 0.416 e. The first-order valence-electron chi connectivity index (χ1n) is 7.61. The minimum atomic E-state index is -4.38. The van der Waals surface area contributed by atoms with E-state index in [1.807, 2.05) is 38.1 Å². The molecule has 0 radical (unpaired) electrons. The van der Waals surface area contributed by atoms with Crippen molar-refractivity contribution >= 4 is 23.0 Å². The SMILES string of the molecule is CC[C@@H](NC(=S)Nc1cccc(C(F)(F)F)c1)c1ccccc1C. The van der Waals surface area contributed by atoms with Gasteiger partial charge in [0, 0.05) is 5.69 Å². The van der Waals surface area contributed by atoms with Gasteiger partial charge in [-0.2, -0.15) is 13.2 Å². The molecule has 0 unspecified atom stereocenters. The summed E-state index contributed by atoms with van der Waals surface area (Å²) in [5.41, 5.74) is 1.86. The van der Waals surface area contributed by atoms with E-state index >= 15 is 0 Å². The molecule has 2 rings (SSSR count). The van der Waals surface area contributed by atoms with Gasteiger partial charge in [0.2, 0.25) is 0 Å². The summed E-state index contributed by atoms with van der Waals surface area (Å²) in [7, 11) is 0. The van der Waals surface area contributed by atoms with E-state index in [1.165, 1.54) is 6.07 Å². The maximum absolute atomic E-state index is 12.8. The van der Waals surface area contributed by atoms with Gasteiger partial charge in [-0.05, 0) is 54.9 Å². The second kappa shape index (κ2) is 7.66. The molecular formula is C18H19F3N2S. The predicted molar refractivity (Wildman–Crippen MR) is 95.0 cm³/mol. The Morgan fingerprint density at radius 3 is 2.46 bits per heavy atom. The van der Waals surface area contributed by atoms with E-state index in [9.17, 15) is 13.2 Å². The molecular weight excluding hydrogens is 333 g/mol. The zero-order valence-electron chi connectivity index (χ0n) is 13.4. The van der Waals surface area contributed by atoms with Crippen LogP contribution in [0.3, 0.4) is 0 Å². The van der Waals surface area contributed by atoms with Gasteiger partial charge in [-0.25, -0.2) is 0 Å². The van der Waals surface area contributed by atoms with Crippen LogP contribution in [0.15, 0.2) is 48.5 Å². The molecule has 2 nitrogen and oxygen atoms in total. The zero-order valence-corrected chi connectivity index (χ0v) is 14.3. The molecule has 6 heteroatoms. The third-order valence-electron chi connectivity index (χ3n) is 3.73. The quantitative estimate of drug-likeness (QED) is 0.715. The Hall–Kier alpha value is -2.08. The van der Waals surface area contributed by atoms with Gasteiger partial charge < -0.3 is 10.6 Å². The lowest BCUT2D eigenvalue weighted by Crippen LogP contribution is -2.32. The number of alkyl halides is 3. The highest BCUT2D eigenvalue weighted by molar-refractivity contribution is 7.80. The minimum absolute atomic E-state index is 0.00278. The molecule has 0 amide bonds. The van der Waals surface area contributed by atoms with Crippen LogP contribution in [0.25, 0.3) is 0 Å². The Morgan fingerprint density at radius 2 is 1.83 bits per heavy atom. The number of nitrogens with one attached hydrogen (secondary N) is 2. The first-order chi connectivity index (χ1) is 11.3. The standard InChI is InChI=1S/C18H19F3N2S/c1-3-16(15-10-5-4-7-12(15)2)23-17(24)22-14-9-6-8-13(11-14)18(19,20)21/h4-11,16H,3H2,1-2H3,(H2,22,23,24)/t16-/m1/s1. The van der Waals surface area contributed by atoms with Crippen molar-refractivity contribution in [2.45, 2.75) is 32.5 Å². The van der Waals surface area contributed by atoms with Gasteiger partial charge in [-0.3, -0.25) is 0 Å². The van der Waals surface area contributed by atoms with Crippen molar-refractivity contribution < 1.29 is 13.2 Å². The van der Waals surface area contributed by atoms with E-state index in [0.29, 0.717) is 10.8 Å². The number of benzene rings is 2. The molecule has 0 saturated carbocycles. The number of aryl methyl sites for hydroxylation is 1. The van der Waals surface area contributed by atoms with Crippen LogP contribution in [-0.4, -0.2) is 5.11 Å². The molecule has 128 valence electrons. The van der Waals surface area contributed by atoms with Crippen LogP contribution in [-0.2, 0) is 6.18 Å². The lowest BCUT2D eigenvalue weighted by atomic mass is 10.00. The fourth-order valence-electron chi connectivity index (χ4n) is 2.48. The molecule has 0 fully saturated rings. The number of hydrogen-bond acceptors (Lipinski definition) is 1. The topological polar surface area (TPSA) is 24.1 Å². The molecule has 0 saturated heterocycles. The molecule has 2 N–H and O–H groups in total. The minimum Gasteiger partial charge on any atom is -0.356 e. The average Bonchev–Trinajstić information content (AvgIpc) is 2.53. The summed E-state index contributed by atoms with van der Waals surface area (Å²) in [5, 5.41) is 6.29. The van der Waals surface area contributed by atoms with Gasteiger partial charge in [-0.1, -0.05) is 37.3 Å². The Balaban J connectivity index is 2.09. The molecule has 2 aromatic carbocycles.